The van der Waals surface area contributed by atoms with Crippen molar-refractivity contribution in [2.24, 2.45) is 0 Å². The number of nitrogens with zero attached hydrogens (tertiary/aromatic N) is 1. The molecule has 0 saturated heterocycles. The maximum Gasteiger partial charge on any atom is 0.265 e. The first-order valence-electron chi connectivity index (χ1n) is 5.63. The summed E-state index contributed by atoms with van der Waals surface area (Å²) in [5, 5.41) is 8.65. The van der Waals surface area contributed by atoms with Crippen molar-refractivity contribution in [3.8, 4) is 0 Å². The van der Waals surface area contributed by atoms with Gasteiger partial charge in [-0.15, -0.1) is 0 Å². The van der Waals surface area contributed by atoms with Crippen molar-refractivity contribution in [1.82, 2.24) is 15.6 Å². The van der Waals surface area contributed by atoms with Gasteiger partial charge in [-0.05, 0) is 13.8 Å². The predicted octanol–water partition coefficient (Wildman–Crippen LogP) is 0.0230. The molecule has 18 heavy (non-hydrogen) atoms. The number of carbonyl (C=O) groups is 2. The monoisotopic (exact) mass is 271 g/mol. The number of thiazole rings is 1. The zero-order valence-electron chi connectivity index (χ0n) is 10.4. The third kappa shape index (κ3) is 3.88. The maximum absolute atomic E-state index is 11.8. The fraction of sp³-hybridized carbons (Fsp3) is 0.500. The lowest BCUT2D eigenvalue weighted by molar-refractivity contribution is -0.120. The molecule has 1 rings (SSSR count). The Bertz CT molecular complexity index is 432. The Morgan fingerprint density at radius 1 is 1.28 bits per heavy atom. The second-order valence-electron chi connectivity index (χ2n) is 3.40. The van der Waals surface area contributed by atoms with Gasteiger partial charge in [0.25, 0.3) is 5.91 Å². The molecule has 8 heteroatoms. The molecule has 1 aromatic rings. The number of rotatable bonds is 6. The van der Waals surface area contributed by atoms with E-state index in [0.29, 0.717) is 23.1 Å². The molecule has 0 aromatic carbocycles. The van der Waals surface area contributed by atoms with Crippen molar-refractivity contribution in [1.29, 1.82) is 0 Å². The van der Waals surface area contributed by atoms with Gasteiger partial charge in [0.15, 0.2) is 5.13 Å². The van der Waals surface area contributed by atoms with Crippen molar-refractivity contribution >= 4 is 34.1 Å². The molecule has 5 N–H and O–H groups in total. The van der Waals surface area contributed by atoms with Gasteiger partial charge in [-0.1, -0.05) is 11.3 Å². The van der Waals surface area contributed by atoms with Crippen LogP contribution in [0.4, 0.5) is 10.9 Å². The molecule has 0 atom stereocenters. The van der Waals surface area contributed by atoms with E-state index in [-0.39, 0.29) is 24.2 Å². The molecule has 2 amide bonds. The van der Waals surface area contributed by atoms with Crippen LogP contribution in [-0.2, 0) is 4.79 Å². The summed E-state index contributed by atoms with van der Waals surface area (Å²) in [7, 11) is 0. The zero-order chi connectivity index (χ0) is 13.5. The molecule has 100 valence electrons. The molecule has 7 nitrogen and oxygen atoms in total. The average molecular weight is 271 g/mol. The Balaban J connectivity index is 2.58. The van der Waals surface area contributed by atoms with Crippen LogP contribution in [0, 0.1) is 0 Å². The van der Waals surface area contributed by atoms with Gasteiger partial charge in [-0.25, -0.2) is 4.98 Å². The van der Waals surface area contributed by atoms with Crippen LogP contribution < -0.4 is 21.7 Å². The molecule has 0 radical (unpaired) electrons. The molecule has 0 fully saturated rings. The fourth-order valence-corrected chi connectivity index (χ4v) is 2.09. The van der Waals surface area contributed by atoms with Gasteiger partial charge in [0.2, 0.25) is 5.91 Å². The van der Waals surface area contributed by atoms with Gasteiger partial charge < -0.3 is 21.7 Å². The maximum atomic E-state index is 11.8. The highest BCUT2D eigenvalue weighted by Gasteiger charge is 2.16. The van der Waals surface area contributed by atoms with E-state index < -0.39 is 0 Å². The summed E-state index contributed by atoms with van der Waals surface area (Å²) in [4.78, 5) is 27.3. The molecule has 0 aliphatic rings. The summed E-state index contributed by atoms with van der Waals surface area (Å²) in [5.41, 5.74) is 5.64. The highest BCUT2D eigenvalue weighted by molar-refractivity contribution is 7.18. The number of hydrogen-bond donors (Lipinski definition) is 4. The minimum absolute atomic E-state index is 0.0689. The smallest absolute Gasteiger partial charge is 0.265 e. The molecule has 0 unspecified atom stereocenters. The molecule has 0 aliphatic heterocycles. The number of aromatic nitrogens is 1. The average Bonchev–Trinajstić information content (AvgIpc) is 2.68. The summed E-state index contributed by atoms with van der Waals surface area (Å²) < 4.78 is 0. The molecular formula is C10H17N5O2S. The van der Waals surface area contributed by atoms with Crippen molar-refractivity contribution in [2.45, 2.75) is 13.8 Å². The van der Waals surface area contributed by atoms with Gasteiger partial charge >= 0.3 is 0 Å². The van der Waals surface area contributed by atoms with E-state index in [1.165, 1.54) is 11.3 Å². The summed E-state index contributed by atoms with van der Waals surface area (Å²) >= 11 is 1.17. The number of nitrogen functional groups attached to an aromatic ring is 1. The first-order valence-corrected chi connectivity index (χ1v) is 6.45. The SMILES string of the molecule is CCNC(=O)CNC(=O)c1sc(NCC)nc1N. The lowest BCUT2D eigenvalue weighted by Crippen LogP contribution is -2.36. The number of anilines is 2. The quantitative estimate of drug-likeness (QED) is 0.583. The van der Waals surface area contributed by atoms with Crippen LogP contribution in [-0.4, -0.2) is 36.4 Å². The van der Waals surface area contributed by atoms with Crippen LogP contribution in [0.1, 0.15) is 23.5 Å². The van der Waals surface area contributed by atoms with Crippen molar-refractivity contribution < 1.29 is 9.59 Å². The number of amides is 2. The zero-order valence-corrected chi connectivity index (χ0v) is 11.2. The second kappa shape index (κ2) is 6.80. The molecule has 1 heterocycles. The Morgan fingerprint density at radius 2 is 2.00 bits per heavy atom. The fourth-order valence-electron chi connectivity index (χ4n) is 1.22. The van der Waals surface area contributed by atoms with Crippen LogP contribution in [0.2, 0.25) is 0 Å². The third-order valence-electron chi connectivity index (χ3n) is 1.97. The minimum atomic E-state index is -0.389. The third-order valence-corrected chi connectivity index (χ3v) is 3.00. The lowest BCUT2D eigenvalue weighted by atomic mass is 10.4. The van der Waals surface area contributed by atoms with Gasteiger partial charge in [-0.2, -0.15) is 0 Å². The van der Waals surface area contributed by atoms with Crippen LogP contribution in [0.15, 0.2) is 0 Å². The first-order chi connectivity index (χ1) is 8.58. The van der Waals surface area contributed by atoms with E-state index in [1.807, 2.05) is 13.8 Å². The predicted molar refractivity (Wildman–Crippen MR) is 71.7 cm³/mol. The molecule has 0 spiro atoms. The van der Waals surface area contributed by atoms with Crippen LogP contribution in [0.25, 0.3) is 0 Å². The molecule has 1 aromatic heterocycles. The molecular weight excluding hydrogens is 254 g/mol. The van der Waals surface area contributed by atoms with Crippen molar-refractivity contribution in [3.63, 3.8) is 0 Å². The van der Waals surface area contributed by atoms with E-state index in [0.717, 1.165) is 0 Å². The minimum Gasteiger partial charge on any atom is -0.382 e. The number of nitrogens with one attached hydrogen (secondary N) is 3. The number of likely N-dealkylation sites (N-methyl/N-ethyl adjacent to an activating group) is 1. The highest BCUT2D eigenvalue weighted by atomic mass is 32.1. The highest BCUT2D eigenvalue weighted by Crippen LogP contribution is 2.24. The van der Waals surface area contributed by atoms with Gasteiger partial charge in [0, 0.05) is 13.1 Å². The Morgan fingerprint density at radius 3 is 2.61 bits per heavy atom. The molecule has 0 bridgehead atoms. The summed E-state index contributed by atoms with van der Waals surface area (Å²) in [6.07, 6.45) is 0. The van der Waals surface area contributed by atoms with Crippen LogP contribution >= 0.6 is 11.3 Å². The number of nitrogens with two attached hydrogens (primary N) is 1. The lowest BCUT2D eigenvalue weighted by Gasteiger charge is -2.03. The normalized spacial score (nSPS) is 9.89. The first kappa shape index (κ1) is 14.2. The van der Waals surface area contributed by atoms with E-state index in [4.69, 9.17) is 5.73 Å². The van der Waals surface area contributed by atoms with E-state index in [2.05, 4.69) is 20.9 Å². The second-order valence-corrected chi connectivity index (χ2v) is 4.40. The summed E-state index contributed by atoms with van der Waals surface area (Å²) in [5.74, 6) is -0.453. The van der Waals surface area contributed by atoms with E-state index >= 15 is 0 Å². The molecule has 0 aliphatic carbocycles. The van der Waals surface area contributed by atoms with Crippen LogP contribution in [0.5, 0.6) is 0 Å². The summed E-state index contributed by atoms with van der Waals surface area (Å²) in [6, 6.07) is 0. The van der Waals surface area contributed by atoms with Gasteiger partial charge in [0.1, 0.15) is 10.7 Å². The number of carbonyl (C=O) groups excluding carboxylic acids is 2. The molecule has 0 saturated carbocycles. The summed E-state index contributed by atoms with van der Waals surface area (Å²) in [6.45, 7) is 4.89. The Labute approximate surface area is 109 Å². The number of hydrogen-bond acceptors (Lipinski definition) is 6. The standard InChI is InChI=1S/C10H17N5O2S/c1-3-12-6(16)5-14-9(17)7-8(11)15-10(18-7)13-4-2/h3-5,11H2,1-2H3,(H,12,16)(H,13,15)(H,14,17). The van der Waals surface area contributed by atoms with E-state index in [9.17, 15) is 9.59 Å². The van der Waals surface area contributed by atoms with Crippen molar-refractivity contribution in [2.75, 3.05) is 30.7 Å². The Kier molecular flexibility index (Phi) is 5.37. The van der Waals surface area contributed by atoms with Crippen molar-refractivity contribution in [3.05, 3.63) is 4.88 Å². The Hall–Kier alpha value is -1.83. The van der Waals surface area contributed by atoms with Gasteiger partial charge in [0.05, 0.1) is 6.54 Å². The van der Waals surface area contributed by atoms with Crippen LogP contribution in [0.3, 0.4) is 0 Å². The topological polar surface area (TPSA) is 109 Å². The van der Waals surface area contributed by atoms with E-state index in [1.54, 1.807) is 0 Å². The largest absolute Gasteiger partial charge is 0.382 e. The van der Waals surface area contributed by atoms with Gasteiger partial charge in [-0.3, -0.25) is 9.59 Å².